The van der Waals surface area contributed by atoms with Crippen molar-refractivity contribution in [2.75, 3.05) is 31.6 Å². The second-order valence-electron chi connectivity index (χ2n) is 10.2. The van der Waals surface area contributed by atoms with Gasteiger partial charge < -0.3 is 19.9 Å². The van der Waals surface area contributed by atoms with Gasteiger partial charge in [-0.25, -0.2) is 9.37 Å². The van der Waals surface area contributed by atoms with Gasteiger partial charge in [0.1, 0.15) is 16.7 Å². The Labute approximate surface area is 235 Å². The Bertz CT molecular complexity index is 1260. The molecule has 7 nitrogen and oxygen atoms in total. The largest absolute Gasteiger partial charge is 0.497 e. The molecular formula is C30H37ClFN5O2. The fraction of sp³-hybridized carbons (Fsp3) is 0.433. The van der Waals surface area contributed by atoms with E-state index in [0.717, 1.165) is 49.0 Å². The van der Waals surface area contributed by atoms with E-state index in [1.807, 2.05) is 31.3 Å². The molecule has 0 spiro atoms. The van der Waals surface area contributed by atoms with Gasteiger partial charge in [-0.15, -0.1) is 0 Å². The highest BCUT2D eigenvalue weighted by molar-refractivity contribution is 6.32. The fourth-order valence-corrected chi connectivity index (χ4v) is 5.50. The number of likely N-dealkylation sites (tertiary alicyclic amines) is 1. The van der Waals surface area contributed by atoms with Crippen LogP contribution < -0.4 is 15.0 Å². The Morgan fingerprint density at radius 3 is 2.62 bits per heavy atom. The Hall–Kier alpha value is -3.23. The lowest BCUT2D eigenvalue weighted by atomic mass is 9.98. The van der Waals surface area contributed by atoms with E-state index in [-0.39, 0.29) is 22.9 Å². The number of methoxy groups -OCH3 is 1. The Kier molecular flexibility index (Phi) is 9.75. The topological polar surface area (TPSA) is 70.6 Å². The molecule has 1 unspecified atom stereocenters. The number of pyridine rings is 2. The maximum atomic E-state index is 15.2. The zero-order chi connectivity index (χ0) is 27.9. The molecule has 3 aromatic rings. The van der Waals surface area contributed by atoms with E-state index in [0.29, 0.717) is 36.1 Å². The summed E-state index contributed by atoms with van der Waals surface area (Å²) in [5, 5.41) is 3.22. The van der Waals surface area contributed by atoms with Crippen LogP contribution in [-0.4, -0.2) is 59.6 Å². The maximum Gasteiger partial charge on any atom is 0.254 e. The van der Waals surface area contributed by atoms with Crippen LogP contribution in [0.2, 0.25) is 5.15 Å². The van der Waals surface area contributed by atoms with E-state index in [4.69, 9.17) is 16.3 Å². The first-order valence-electron chi connectivity index (χ1n) is 13.4. The van der Waals surface area contributed by atoms with Crippen molar-refractivity contribution in [1.29, 1.82) is 0 Å². The number of carbonyl (C=O) groups excluding carboxylic acids is 1. The summed E-state index contributed by atoms with van der Waals surface area (Å²) in [6, 6.07) is 9.33. The molecule has 208 valence electrons. The van der Waals surface area contributed by atoms with E-state index in [1.165, 1.54) is 6.07 Å². The van der Waals surface area contributed by atoms with Crippen LogP contribution in [0.15, 0.2) is 48.9 Å². The average molecular weight is 554 g/mol. The molecule has 1 atom stereocenters. The van der Waals surface area contributed by atoms with Gasteiger partial charge in [-0.05, 0) is 81.0 Å². The summed E-state index contributed by atoms with van der Waals surface area (Å²) >= 11 is 6.14. The van der Waals surface area contributed by atoms with Gasteiger partial charge in [0, 0.05) is 62.9 Å². The van der Waals surface area contributed by atoms with Gasteiger partial charge in [0.15, 0.2) is 0 Å². The summed E-state index contributed by atoms with van der Waals surface area (Å²) in [4.78, 5) is 25.6. The number of aromatic nitrogens is 2. The molecule has 1 fully saturated rings. The number of benzene rings is 1. The number of halogens is 2. The Balaban J connectivity index is 1.37. The molecule has 2 aromatic heterocycles. The van der Waals surface area contributed by atoms with Gasteiger partial charge >= 0.3 is 0 Å². The summed E-state index contributed by atoms with van der Waals surface area (Å²) in [6.07, 6.45) is 7.89. The van der Waals surface area contributed by atoms with E-state index >= 15 is 4.39 Å². The molecule has 1 amide bonds. The van der Waals surface area contributed by atoms with Crippen LogP contribution in [0.1, 0.15) is 53.2 Å². The van der Waals surface area contributed by atoms with Crippen LogP contribution in [-0.2, 0) is 6.54 Å². The first-order chi connectivity index (χ1) is 18.8. The summed E-state index contributed by atoms with van der Waals surface area (Å²) in [6.45, 7) is 9.04. The number of anilines is 1. The third-order valence-corrected chi connectivity index (χ3v) is 7.99. The zero-order valence-corrected chi connectivity index (χ0v) is 23.8. The van der Waals surface area contributed by atoms with Crippen molar-refractivity contribution in [2.24, 2.45) is 0 Å². The monoisotopic (exact) mass is 553 g/mol. The molecule has 39 heavy (non-hydrogen) atoms. The van der Waals surface area contributed by atoms with Gasteiger partial charge in [0.2, 0.25) is 0 Å². The lowest BCUT2D eigenvalue weighted by Gasteiger charge is -2.42. The molecule has 0 bridgehead atoms. The highest BCUT2D eigenvalue weighted by atomic mass is 35.5. The van der Waals surface area contributed by atoms with Crippen LogP contribution >= 0.6 is 11.6 Å². The number of nitrogens with one attached hydrogen (secondary N) is 1. The smallest absolute Gasteiger partial charge is 0.254 e. The van der Waals surface area contributed by atoms with Crippen molar-refractivity contribution in [3.05, 3.63) is 82.1 Å². The van der Waals surface area contributed by atoms with Crippen molar-refractivity contribution in [1.82, 2.24) is 20.2 Å². The van der Waals surface area contributed by atoms with Crippen LogP contribution in [0, 0.1) is 19.7 Å². The van der Waals surface area contributed by atoms with Crippen molar-refractivity contribution >= 4 is 23.2 Å². The molecule has 0 saturated carbocycles. The molecule has 3 heterocycles. The van der Waals surface area contributed by atoms with Gasteiger partial charge in [-0.3, -0.25) is 9.78 Å². The van der Waals surface area contributed by atoms with Crippen molar-refractivity contribution in [3.8, 4) is 5.75 Å². The molecule has 1 N–H and O–H groups in total. The molecule has 0 radical (unpaired) electrons. The number of aryl methyl sites for hydroxylation is 2. The first kappa shape index (κ1) is 28.8. The molecule has 1 aliphatic rings. The third kappa shape index (κ3) is 7.05. The average Bonchev–Trinajstić information content (AvgIpc) is 2.93. The number of carbonyl (C=O) groups is 1. The second-order valence-corrected chi connectivity index (χ2v) is 10.6. The van der Waals surface area contributed by atoms with Crippen molar-refractivity contribution in [2.45, 2.75) is 58.7 Å². The SMILES string of the molecule is COc1ccc(N(Cc2cnccc2C)C2CCN(C(C)CCNC(=O)c3c(C)ccnc3Cl)CC2)c(F)c1. The van der Waals surface area contributed by atoms with Gasteiger partial charge in [0.05, 0.1) is 18.4 Å². The van der Waals surface area contributed by atoms with Crippen LogP contribution in [0.5, 0.6) is 5.75 Å². The summed E-state index contributed by atoms with van der Waals surface area (Å²) in [7, 11) is 1.54. The van der Waals surface area contributed by atoms with Crippen LogP contribution in [0.3, 0.4) is 0 Å². The van der Waals surface area contributed by atoms with Gasteiger partial charge in [0.25, 0.3) is 5.91 Å². The van der Waals surface area contributed by atoms with E-state index in [1.54, 1.807) is 25.6 Å². The highest BCUT2D eigenvalue weighted by Crippen LogP contribution is 2.31. The summed E-state index contributed by atoms with van der Waals surface area (Å²) in [5.41, 5.74) is 4.05. The lowest BCUT2D eigenvalue weighted by molar-refractivity contribution is 0.0944. The molecule has 4 rings (SSSR count). The maximum absolute atomic E-state index is 15.2. The summed E-state index contributed by atoms with van der Waals surface area (Å²) in [5.74, 6) is 0.0243. The molecule has 0 aliphatic carbocycles. The minimum atomic E-state index is -0.286. The number of amides is 1. The van der Waals surface area contributed by atoms with Crippen LogP contribution in [0.4, 0.5) is 10.1 Å². The number of ether oxygens (including phenoxy) is 1. The quantitative estimate of drug-likeness (QED) is 0.331. The fourth-order valence-electron chi connectivity index (χ4n) is 5.21. The standard InChI is InChI=1S/C30H37ClFN5O2/c1-20-7-12-33-18-23(20)19-37(27-6-5-25(39-4)17-26(27)32)24-10-15-36(16-11-24)22(3)9-14-35-30(38)28-21(2)8-13-34-29(28)31/h5-8,12-13,17-18,22,24H,9-11,14-16,19H2,1-4H3,(H,35,38). The number of nitrogens with zero attached hydrogens (tertiary/aromatic N) is 4. The predicted molar refractivity (Wildman–Crippen MR) is 153 cm³/mol. The van der Waals surface area contributed by atoms with Gasteiger partial charge in [-0.2, -0.15) is 0 Å². The van der Waals surface area contributed by atoms with Gasteiger partial charge in [-0.1, -0.05) is 11.6 Å². The number of piperidine rings is 1. The molecular weight excluding hydrogens is 517 g/mol. The number of hydrogen-bond donors (Lipinski definition) is 1. The van der Waals surface area contributed by atoms with Crippen molar-refractivity contribution < 1.29 is 13.9 Å². The van der Waals surface area contributed by atoms with E-state index in [9.17, 15) is 4.79 Å². The molecule has 1 aromatic carbocycles. The normalized spacial score (nSPS) is 15.1. The Morgan fingerprint density at radius 1 is 1.21 bits per heavy atom. The summed E-state index contributed by atoms with van der Waals surface area (Å²) < 4.78 is 20.5. The predicted octanol–water partition coefficient (Wildman–Crippen LogP) is 5.57. The Morgan fingerprint density at radius 2 is 1.95 bits per heavy atom. The van der Waals surface area contributed by atoms with E-state index < -0.39 is 0 Å². The minimum absolute atomic E-state index is 0.186. The second kappa shape index (κ2) is 13.2. The number of hydrogen-bond acceptors (Lipinski definition) is 6. The zero-order valence-electron chi connectivity index (χ0n) is 23.1. The van der Waals surface area contributed by atoms with Crippen LogP contribution in [0.25, 0.3) is 0 Å². The van der Waals surface area contributed by atoms with E-state index in [2.05, 4.69) is 38.9 Å². The number of rotatable bonds is 10. The lowest BCUT2D eigenvalue weighted by Crippen LogP contribution is -2.48. The molecule has 1 aliphatic heterocycles. The third-order valence-electron chi connectivity index (χ3n) is 7.70. The van der Waals surface area contributed by atoms with Crippen molar-refractivity contribution in [3.63, 3.8) is 0 Å². The highest BCUT2D eigenvalue weighted by Gasteiger charge is 2.29. The molecule has 9 heteroatoms. The molecule has 1 saturated heterocycles. The first-order valence-corrected chi connectivity index (χ1v) is 13.8. The minimum Gasteiger partial charge on any atom is -0.497 e.